The fraction of sp³-hybridized carbons (Fsp3) is 0.500. The topological polar surface area (TPSA) is 66.5 Å². The third-order valence-electron chi connectivity index (χ3n) is 3.29. The number of benzene rings is 1. The molecule has 1 saturated carbocycles. The molecule has 1 aromatic carbocycles. The number of hydrogen-bond donors (Lipinski definition) is 3. The van der Waals surface area contributed by atoms with Gasteiger partial charge in [-0.3, -0.25) is 0 Å². The minimum absolute atomic E-state index is 0.150. The van der Waals surface area contributed by atoms with Gasteiger partial charge in [0.1, 0.15) is 6.10 Å². The molecule has 0 radical (unpaired) electrons. The molecule has 3 nitrogen and oxygen atoms in total. The Bertz CT molecular complexity index is 330. The fourth-order valence-corrected chi connectivity index (χ4v) is 1.99. The van der Waals surface area contributed by atoms with Crippen molar-refractivity contribution in [3.8, 4) is 0 Å². The van der Waals surface area contributed by atoms with Crippen molar-refractivity contribution in [3.05, 3.63) is 35.4 Å². The lowest BCUT2D eigenvalue weighted by atomic mass is 9.72. The summed E-state index contributed by atoms with van der Waals surface area (Å²) in [6.45, 7) is -0.243. The van der Waals surface area contributed by atoms with Crippen LogP contribution in [-0.4, -0.2) is 16.8 Å². The summed E-state index contributed by atoms with van der Waals surface area (Å²) in [5.41, 5.74) is 7.89. The van der Waals surface area contributed by atoms with E-state index in [4.69, 9.17) is 10.8 Å². The van der Waals surface area contributed by atoms with Gasteiger partial charge in [0, 0.05) is 5.54 Å². The van der Waals surface area contributed by atoms with Crippen LogP contribution in [0.3, 0.4) is 0 Å². The quantitative estimate of drug-likeness (QED) is 0.694. The third kappa shape index (κ3) is 1.91. The summed E-state index contributed by atoms with van der Waals surface area (Å²) in [5.74, 6) is 0. The summed E-state index contributed by atoms with van der Waals surface area (Å²) in [7, 11) is 0. The molecule has 0 spiro atoms. The molecule has 1 atom stereocenters. The minimum Gasteiger partial charge on any atom is -0.393 e. The minimum atomic E-state index is -0.783. The van der Waals surface area contributed by atoms with Gasteiger partial charge in [-0.05, 0) is 30.4 Å². The Morgan fingerprint density at radius 1 is 1.27 bits per heavy atom. The molecule has 0 saturated heterocycles. The Morgan fingerprint density at radius 2 is 1.87 bits per heavy atom. The van der Waals surface area contributed by atoms with Crippen LogP contribution >= 0.6 is 0 Å². The monoisotopic (exact) mass is 207 g/mol. The van der Waals surface area contributed by atoms with Gasteiger partial charge >= 0.3 is 0 Å². The molecule has 0 aliphatic heterocycles. The summed E-state index contributed by atoms with van der Waals surface area (Å²) in [4.78, 5) is 0. The van der Waals surface area contributed by atoms with Gasteiger partial charge in [-0.15, -0.1) is 0 Å². The van der Waals surface area contributed by atoms with E-state index in [1.165, 1.54) is 6.42 Å². The summed E-state index contributed by atoms with van der Waals surface area (Å²) in [5, 5.41) is 18.2. The molecule has 0 bridgehead atoms. The van der Waals surface area contributed by atoms with Gasteiger partial charge in [-0.1, -0.05) is 24.3 Å². The van der Waals surface area contributed by atoms with E-state index in [-0.39, 0.29) is 12.1 Å². The van der Waals surface area contributed by atoms with Crippen LogP contribution in [0.5, 0.6) is 0 Å². The van der Waals surface area contributed by atoms with E-state index in [1.807, 2.05) is 24.3 Å². The molecule has 0 amide bonds. The van der Waals surface area contributed by atoms with Crippen molar-refractivity contribution in [2.24, 2.45) is 5.73 Å². The summed E-state index contributed by atoms with van der Waals surface area (Å²) in [6, 6.07) is 7.58. The van der Waals surface area contributed by atoms with Gasteiger partial charge in [-0.2, -0.15) is 0 Å². The van der Waals surface area contributed by atoms with Gasteiger partial charge in [0.2, 0.25) is 0 Å². The van der Waals surface area contributed by atoms with E-state index >= 15 is 0 Å². The number of aliphatic hydroxyl groups is 2. The average Bonchev–Trinajstić information content (AvgIpc) is 2.25. The largest absolute Gasteiger partial charge is 0.393 e. The van der Waals surface area contributed by atoms with Crippen molar-refractivity contribution < 1.29 is 10.2 Å². The zero-order chi connectivity index (χ0) is 10.9. The van der Waals surface area contributed by atoms with Crippen LogP contribution in [0.4, 0.5) is 0 Å². The smallest absolute Gasteiger partial charge is 0.102 e. The highest BCUT2D eigenvalue weighted by Crippen LogP contribution is 2.38. The van der Waals surface area contributed by atoms with Crippen molar-refractivity contribution in [1.82, 2.24) is 0 Å². The normalized spacial score (nSPS) is 20.7. The first-order valence-corrected chi connectivity index (χ1v) is 5.34. The Hall–Kier alpha value is -0.900. The van der Waals surface area contributed by atoms with E-state index < -0.39 is 6.10 Å². The molecule has 0 heterocycles. The molecule has 4 N–H and O–H groups in total. The zero-order valence-corrected chi connectivity index (χ0v) is 8.69. The van der Waals surface area contributed by atoms with Gasteiger partial charge in [-0.25, -0.2) is 0 Å². The van der Waals surface area contributed by atoms with Gasteiger partial charge in [0.15, 0.2) is 0 Å². The lowest BCUT2D eigenvalue weighted by molar-refractivity contribution is 0.0955. The Balaban J connectivity index is 2.17. The van der Waals surface area contributed by atoms with E-state index in [1.54, 1.807) is 0 Å². The van der Waals surface area contributed by atoms with Crippen LogP contribution < -0.4 is 5.73 Å². The van der Waals surface area contributed by atoms with E-state index in [2.05, 4.69) is 0 Å². The number of hydrogen-bond acceptors (Lipinski definition) is 3. The first-order chi connectivity index (χ1) is 7.15. The highest BCUT2D eigenvalue weighted by atomic mass is 16.3. The standard InChI is InChI=1S/C12H17NO2/c13-12(6-1-7-12)10-4-2-9(3-5-10)11(15)8-14/h2-5,11,14-15H,1,6-8,13H2. The molecule has 0 aromatic heterocycles. The molecule has 82 valence electrons. The Kier molecular flexibility index (Phi) is 2.78. The van der Waals surface area contributed by atoms with Crippen molar-refractivity contribution in [1.29, 1.82) is 0 Å². The molecule has 1 aliphatic carbocycles. The van der Waals surface area contributed by atoms with Crippen LogP contribution in [0.1, 0.15) is 36.5 Å². The third-order valence-corrected chi connectivity index (χ3v) is 3.29. The second-order valence-corrected chi connectivity index (χ2v) is 4.33. The number of rotatable bonds is 3. The summed E-state index contributed by atoms with van der Waals surface area (Å²) in [6.07, 6.45) is 2.48. The Morgan fingerprint density at radius 3 is 2.27 bits per heavy atom. The van der Waals surface area contributed by atoms with Crippen molar-refractivity contribution in [3.63, 3.8) is 0 Å². The van der Waals surface area contributed by atoms with Crippen molar-refractivity contribution in [2.75, 3.05) is 6.61 Å². The molecule has 1 aromatic rings. The van der Waals surface area contributed by atoms with Crippen molar-refractivity contribution in [2.45, 2.75) is 30.9 Å². The van der Waals surface area contributed by atoms with Gasteiger partial charge in [0.25, 0.3) is 0 Å². The van der Waals surface area contributed by atoms with Crippen LogP contribution in [0.2, 0.25) is 0 Å². The predicted octanol–water partition coefficient (Wildman–Crippen LogP) is 1.05. The molecular weight excluding hydrogens is 190 g/mol. The van der Waals surface area contributed by atoms with Crippen LogP contribution in [0, 0.1) is 0 Å². The first-order valence-electron chi connectivity index (χ1n) is 5.34. The molecule has 2 rings (SSSR count). The lowest BCUT2D eigenvalue weighted by Crippen LogP contribution is -2.43. The summed E-state index contributed by atoms with van der Waals surface area (Å²) >= 11 is 0. The van der Waals surface area contributed by atoms with Crippen molar-refractivity contribution >= 4 is 0 Å². The van der Waals surface area contributed by atoms with E-state index in [0.29, 0.717) is 0 Å². The highest BCUT2D eigenvalue weighted by Gasteiger charge is 2.34. The zero-order valence-electron chi connectivity index (χ0n) is 8.69. The van der Waals surface area contributed by atoms with Gasteiger partial charge in [0.05, 0.1) is 6.61 Å². The molecule has 1 fully saturated rings. The van der Waals surface area contributed by atoms with Crippen LogP contribution in [0.25, 0.3) is 0 Å². The molecule has 1 aliphatic rings. The second kappa shape index (κ2) is 3.93. The number of aliphatic hydroxyl groups excluding tert-OH is 2. The number of nitrogens with two attached hydrogens (primary N) is 1. The second-order valence-electron chi connectivity index (χ2n) is 4.33. The molecule has 1 unspecified atom stereocenters. The maximum Gasteiger partial charge on any atom is 0.102 e. The highest BCUT2D eigenvalue weighted by molar-refractivity contribution is 5.30. The van der Waals surface area contributed by atoms with Crippen LogP contribution in [0.15, 0.2) is 24.3 Å². The van der Waals surface area contributed by atoms with Gasteiger partial charge < -0.3 is 15.9 Å². The SMILES string of the molecule is NC1(c2ccc(C(O)CO)cc2)CCC1. The fourth-order valence-electron chi connectivity index (χ4n) is 1.99. The maximum absolute atomic E-state index is 9.41. The van der Waals surface area contributed by atoms with Crippen LogP contribution in [-0.2, 0) is 5.54 Å². The Labute approximate surface area is 89.5 Å². The summed E-state index contributed by atoms with van der Waals surface area (Å²) < 4.78 is 0. The predicted molar refractivity (Wildman–Crippen MR) is 58.2 cm³/mol. The van der Waals surface area contributed by atoms with E-state index in [9.17, 15) is 5.11 Å². The lowest BCUT2D eigenvalue weighted by Gasteiger charge is -2.38. The first kappa shape index (κ1) is 10.6. The average molecular weight is 207 g/mol. The maximum atomic E-state index is 9.41. The van der Waals surface area contributed by atoms with E-state index in [0.717, 1.165) is 24.0 Å². The molecular formula is C12H17NO2. The molecule has 15 heavy (non-hydrogen) atoms. The molecule has 3 heteroatoms.